The molecular weight excluding hydrogens is 506 g/mol. The lowest BCUT2D eigenvalue weighted by atomic mass is 10.5. The molecule has 174 valence electrons. The van der Waals surface area contributed by atoms with E-state index in [-0.39, 0.29) is 10.9 Å². The fraction of sp³-hybridized carbons (Fsp3) is 0.500. The molecule has 0 aliphatic carbocycles. The van der Waals surface area contributed by atoms with E-state index in [1.165, 1.54) is 23.5 Å². The normalized spacial score (nSPS) is 25.4. The van der Waals surface area contributed by atoms with E-state index in [1.54, 1.807) is 21.6 Å². The molecule has 0 spiro atoms. The molecule has 2 aliphatic rings. The minimum absolute atomic E-state index is 0.169. The van der Waals surface area contributed by atoms with Crippen molar-refractivity contribution in [1.29, 1.82) is 0 Å². The minimum atomic E-state index is -0.765. The molecule has 2 saturated heterocycles. The Morgan fingerprint density at radius 2 is 1.31 bits per heavy atom. The number of halogens is 2. The van der Waals surface area contributed by atoms with Gasteiger partial charge in [-0.3, -0.25) is 9.13 Å². The van der Waals surface area contributed by atoms with Crippen LogP contribution < -0.4 is 22.8 Å². The lowest BCUT2D eigenvalue weighted by molar-refractivity contribution is 0.0245. The maximum atomic E-state index is 13.6. The number of nitrogens with two attached hydrogens (primary N) is 2. The van der Waals surface area contributed by atoms with Crippen molar-refractivity contribution in [2.75, 3.05) is 34.5 Å². The Kier molecular flexibility index (Phi) is 7.56. The van der Waals surface area contributed by atoms with Gasteiger partial charge in [0.2, 0.25) is 0 Å². The van der Waals surface area contributed by atoms with Crippen LogP contribution in [0.1, 0.15) is 12.5 Å². The predicted molar refractivity (Wildman–Crippen MR) is 123 cm³/mol. The van der Waals surface area contributed by atoms with Crippen molar-refractivity contribution >= 4 is 56.7 Å². The summed E-state index contributed by atoms with van der Waals surface area (Å²) in [5.74, 6) is -0.139. The smallest absolute Gasteiger partial charge is 0.351 e. The summed E-state index contributed by atoms with van der Waals surface area (Å²) >= 11 is 3.05. The summed E-state index contributed by atoms with van der Waals surface area (Å²) in [4.78, 5) is 30.7. The molecule has 32 heavy (non-hydrogen) atoms. The van der Waals surface area contributed by atoms with Gasteiger partial charge in [-0.15, -0.1) is 23.5 Å². The maximum Gasteiger partial charge on any atom is 0.351 e. The Labute approximate surface area is 196 Å². The van der Waals surface area contributed by atoms with Crippen LogP contribution in [0.5, 0.6) is 0 Å². The van der Waals surface area contributed by atoms with E-state index in [4.69, 9.17) is 20.9 Å². The van der Waals surface area contributed by atoms with Crippen molar-refractivity contribution in [3.63, 3.8) is 0 Å². The van der Waals surface area contributed by atoms with Crippen LogP contribution in [0.2, 0.25) is 0 Å². The highest BCUT2D eigenvalue weighted by atomic mass is 33.1. The second-order valence-electron chi connectivity index (χ2n) is 6.60. The second kappa shape index (κ2) is 10.2. The average Bonchev–Trinajstić information content (AvgIpc) is 3.40. The Morgan fingerprint density at radius 1 is 0.906 bits per heavy atom. The van der Waals surface area contributed by atoms with Crippen LogP contribution in [-0.2, 0) is 9.47 Å². The van der Waals surface area contributed by atoms with Gasteiger partial charge in [0.05, 0.1) is 12.4 Å². The van der Waals surface area contributed by atoms with E-state index < -0.39 is 47.1 Å². The number of thioether (sulfide) groups is 2. The SMILES string of the molecule is Nc1nc(=O)n([C@@H]2CSC(CSSC[C@@H]3O[C@H](n4cc(F)c(N)nc4=O)CS3)O2)cc1F. The number of rotatable bonds is 7. The molecule has 1 unspecified atom stereocenters. The number of anilines is 2. The van der Waals surface area contributed by atoms with Gasteiger partial charge < -0.3 is 20.9 Å². The molecule has 2 aromatic heterocycles. The number of nitrogens with zero attached hydrogens (tertiary/aromatic N) is 4. The first kappa shape index (κ1) is 23.7. The largest absolute Gasteiger partial charge is 0.381 e. The van der Waals surface area contributed by atoms with E-state index in [1.807, 2.05) is 0 Å². The highest BCUT2D eigenvalue weighted by molar-refractivity contribution is 8.76. The van der Waals surface area contributed by atoms with E-state index in [9.17, 15) is 18.4 Å². The molecule has 0 amide bonds. The molecule has 4 atom stereocenters. The first-order chi connectivity index (χ1) is 15.3. The minimum Gasteiger partial charge on any atom is -0.381 e. The molecule has 16 heteroatoms. The quantitative estimate of drug-likeness (QED) is 0.401. The molecule has 4 heterocycles. The molecule has 4 N–H and O–H groups in total. The monoisotopic (exact) mass is 524 g/mol. The summed E-state index contributed by atoms with van der Waals surface area (Å²) in [5.41, 5.74) is 8.96. The first-order valence-corrected chi connectivity index (χ1v) is 13.8. The molecule has 0 aromatic carbocycles. The molecule has 2 aromatic rings. The van der Waals surface area contributed by atoms with Crippen LogP contribution in [0.25, 0.3) is 0 Å². The zero-order valence-electron chi connectivity index (χ0n) is 16.3. The van der Waals surface area contributed by atoms with Gasteiger partial charge in [-0.25, -0.2) is 18.4 Å². The highest BCUT2D eigenvalue weighted by Gasteiger charge is 2.30. The zero-order valence-corrected chi connectivity index (χ0v) is 19.5. The second-order valence-corrected chi connectivity index (χ2v) is 11.5. The Balaban J connectivity index is 1.21. The predicted octanol–water partition coefficient (Wildman–Crippen LogP) is 1.50. The topological polar surface area (TPSA) is 140 Å². The fourth-order valence-corrected chi connectivity index (χ4v) is 8.12. The van der Waals surface area contributed by atoms with Gasteiger partial charge in [-0.05, 0) is 0 Å². The van der Waals surface area contributed by atoms with Crippen molar-refractivity contribution in [1.82, 2.24) is 19.1 Å². The van der Waals surface area contributed by atoms with E-state index in [0.717, 1.165) is 21.5 Å². The molecular formula is C16H18F2N6O4S4. The van der Waals surface area contributed by atoms with E-state index in [0.29, 0.717) is 23.0 Å². The third-order valence-corrected chi connectivity index (χ3v) is 9.48. The van der Waals surface area contributed by atoms with Gasteiger partial charge in [-0.2, -0.15) is 9.97 Å². The number of hydrogen-bond acceptors (Lipinski definition) is 12. The van der Waals surface area contributed by atoms with Crippen LogP contribution in [0, 0.1) is 11.6 Å². The van der Waals surface area contributed by atoms with Crippen LogP contribution >= 0.6 is 45.1 Å². The number of aromatic nitrogens is 4. The van der Waals surface area contributed by atoms with Crippen molar-refractivity contribution < 1.29 is 18.3 Å². The molecule has 10 nitrogen and oxygen atoms in total. The molecule has 4 rings (SSSR count). The first-order valence-electron chi connectivity index (χ1n) is 9.18. The van der Waals surface area contributed by atoms with Gasteiger partial charge in [0.25, 0.3) is 0 Å². The molecule has 0 radical (unpaired) electrons. The van der Waals surface area contributed by atoms with Crippen LogP contribution in [0.3, 0.4) is 0 Å². The summed E-state index contributed by atoms with van der Waals surface area (Å²) in [6.45, 7) is 0. The van der Waals surface area contributed by atoms with Gasteiger partial charge >= 0.3 is 11.4 Å². The molecule has 2 aliphatic heterocycles. The van der Waals surface area contributed by atoms with Gasteiger partial charge in [0, 0.05) is 23.0 Å². The lowest BCUT2D eigenvalue weighted by Crippen LogP contribution is -2.29. The van der Waals surface area contributed by atoms with Crippen LogP contribution in [0.15, 0.2) is 22.0 Å². The van der Waals surface area contributed by atoms with Crippen LogP contribution in [0.4, 0.5) is 20.4 Å². The third-order valence-electron chi connectivity index (χ3n) is 4.45. The summed E-state index contributed by atoms with van der Waals surface area (Å²) in [7, 11) is 3.14. The summed E-state index contributed by atoms with van der Waals surface area (Å²) in [5, 5.41) is 0. The average molecular weight is 525 g/mol. The Hall–Kier alpha value is -1.46. The molecule has 2 fully saturated rings. The molecule has 0 bridgehead atoms. The van der Waals surface area contributed by atoms with Gasteiger partial charge in [0.1, 0.15) is 23.3 Å². The number of ether oxygens (including phenoxy) is 2. The fourth-order valence-electron chi connectivity index (χ4n) is 2.89. The van der Waals surface area contributed by atoms with E-state index >= 15 is 0 Å². The van der Waals surface area contributed by atoms with Crippen LogP contribution in [-0.4, -0.2) is 53.0 Å². The number of hydrogen-bond donors (Lipinski definition) is 2. The van der Waals surface area contributed by atoms with Gasteiger partial charge in [-0.1, -0.05) is 21.6 Å². The van der Waals surface area contributed by atoms with Gasteiger partial charge in [0.15, 0.2) is 23.3 Å². The third kappa shape index (κ3) is 5.36. The Morgan fingerprint density at radius 3 is 1.72 bits per heavy atom. The van der Waals surface area contributed by atoms with E-state index in [2.05, 4.69) is 9.97 Å². The Bertz CT molecular complexity index is 1020. The molecule has 0 saturated carbocycles. The van der Waals surface area contributed by atoms with Crippen molar-refractivity contribution in [3.05, 3.63) is 45.0 Å². The van der Waals surface area contributed by atoms with Crippen molar-refractivity contribution in [3.8, 4) is 0 Å². The lowest BCUT2D eigenvalue weighted by Gasteiger charge is -2.15. The zero-order chi connectivity index (χ0) is 22.8. The number of nitrogen functional groups attached to an aromatic ring is 2. The van der Waals surface area contributed by atoms with Crippen molar-refractivity contribution in [2.24, 2.45) is 0 Å². The standard InChI is InChI=1S/C16H18F2N6O4S4/c17-7-1-23(15(25)21-13(7)19)9-3-29-11(27-9)5-31-32-6-12-28-10(4-30-12)24-2-8(18)14(20)22-16(24)26/h1-2,9-12H,3-6H2,(H2,19,21,25)(H2,20,22,26)/t9-,10-,11+,12?/m0/s1. The summed E-state index contributed by atoms with van der Waals surface area (Å²) in [6.07, 6.45) is 0.817. The van der Waals surface area contributed by atoms with Crippen molar-refractivity contribution in [2.45, 2.75) is 23.3 Å². The maximum absolute atomic E-state index is 13.6. The summed E-state index contributed by atoms with van der Waals surface area (Å²) < 4.78 is 41.1. The highest BCUT2D eigenvalue weighted by Crippen LogP contribution is 2.39. The summed E-state index contributed by atoms with van der Waals surface area (Å²) in [6, 6.07) is 0.